The van der Waals surface area contributed by atoms with Crippen LogP contribution in [0, 0.1) is 46.5 Å². The van der Waals surface area contributed by atoms with Crippen molar-refractivity contribution in [1.82, 2.24) is 0 Å². The summed E-state index contributed by atoms with van der Waals surface area (Å²) in [5, 5.41) is -10.3. The van der Waals surface area contributed by atoms with E-state index in [2.05, 4.69) is 9.47 Å². The van der Waals surface area contributed by atoms with E-state index in [1.165, 1.54) is 60.7 Å². The number of alkyl halides is 2. The van der Waals surface area contributed by atoms with Gasteiger partial charge >= 0.3 is 0 Å². The lowest BCUT2D eigenvalue weighted by atomic mass is 10.0. The largest absolute Gasteiger partial charge is 0.491 e. The molecule has 2 unspecified atom stereocenters. The maximum atomic E-state index is 17.4. The summed E-state index contributed by atoms with van der Waals surface area (Å²) >= 11 is 0. The maximum absolute atomic E-state index is 17.4. The molecule has 47 heavy (non-hydrogen) atoms. The van der Waals surface area contributed by atoms with Crippen molar-refractivity contribution in [3.63, 3.8) is 0 Å². The number of sulfone groups is 1. The molecular weight excluding hydrogens is 670 g/mol. The second-order valence-corrected chi connectivity index (χ2v) is 11.8. The van der Waals surface area contributed by atoms with Gasteiger partial charge in [-0.15, -0.1) is 0 Å². The minimum absolute atomic E-state index is 0.136. The van der Waals surface area contributed by atoms with Crippen LogP contribution in [0.3, 0.4) is 0 Å². The van der Waals surface area contributed by atoms with E-state index in [-0.39, 0.29) is 23.3 Å². The monoisotopic (exact) mass is 690 g/mol. The Balaban J connectivity index is 2.21. The number of methoxy groups -OCH3 is 2. The van der Waals surface area contributed by atoms with E-state index in [0.717, 1.165) is 0 Å². The summed E-state index contributed by atoms with van der Waals surface area (Å²) in [6, 6.07) is 12.8. The first-order chi connectivity index (χ1) is 22.1. The first kappa shape index (κ1) is 35.1. The van der Waals surface area contributed by atoms with Crippen LogP contribution < -0.4 is 9.47 Å². The maximum Gasteiger partial charge on any atom is 0.264 e. The highest BCUT2D eigenvalue weighted by atomic mass is 32.2. The molecule has 0 bridgehead atoms. The number of hydrogen-bond acceptors (Lipinski definition) is 4. The second kappa shape index (κ2) is 13.1. The second-order valence-electron chi connectivity index (χ2n) is 9.61. The van der Waals surface area contributed by atoms with Gasteiger partial charge < -0.3 is 9.47 Å². The van der Waals surface area contributed by atoms with E-state index in [1.54, 1.807) is 0 Å². The molecule has 0 fully saturated rings. The first-order valence-electron chi connectivity index (χ1n) is 13.0. The minimum atomic E-state index is -7.12. The van der Waals surface area contributed by atoms with Crippen molar-refractivity contribution in [1.29, 1.82) is 0 Å². The Labute approximate surface area is 261 Å². The van der Waals surface area contributed by atoms with Gasteiger partial charge in [-0.25, -0.2) is 34.8 Å². The molecule has 4 aromatic rings. The van der Waals surface area contributed by atoms with Crippen molar-refractivity contribution in [3.05, 3.63) is 142 Å². The molecule has 0 saturated carbocycles. The summed E-state index contributed by atoms with van der Waals surface area (Å²) in [5.74, 6) is -24.5. The van der Waals surface area contributed by atoms with Gasteiger partial charge in [-0.1, -0.05) is 72.8 Å². The van der Waals surface area contributed by atoms with Gasteiger partial charge in [-0.2, -0.15) is 17.6 Å². The minimum Gasteiger partial charge on any atom is -0.491 e. The molecule has 0 saturated heterocycles. The highest BCUT2D eigenvalue weighted by Gasteiger charge is 2.63. The summed E-state index contributed by atoms with van der Waals surface area (Å²) in [6.07, 6.45) is 0.446. The van der Waals surface area contributed by atoms with Crippen LogP contribution in [0.4, 0.5) is 43.9 Å². The molecule has 0 heterocycles. The van der Waals surface area contributed by atoms with E-state index in [1.807, 2.05) is 0 Å². The SMILES string of the molecule is COc1c(F)c(F)c(C(F)(/C=C\c2ccccc2)S(=O)(=O)C(F)(/C=C\c2ccccc2)c2c(F)c(F)c(OC)c(F)c2F)c(F)c1F. The highest BCUT2D eigenvalue weighted by Crippen LogP contribution is 2.52. The zero-order chi connectivity index (χ0) is 34.9. The molecule has 0 aromatic heterocycles. The third-order valence-corrected chi connectivity index (χ3v) is 9.14. The number of halogens is 10. The van der Waals surface area contributed by atoms with E-state index in [9.17, 15) is 26.0 Å². The van der Waals surface area contributed by atoms with Gasteiger partial charge in [0, 0.05) is 0 Å². The van der Waals surface area contributed by atoms with Crippen molar-refractivity contribution in [2.45, 2.75) is 10.0 Å². The average Bonchev–Trinajstić information content (AvgIpc) is 3.06. The van der Waals surface area contributed by atoms with Crippen LogP contribution in [0.15, 0.2) is 72.8 Å². The molecule has 15 heteroatoms. The summed E-state index contributed by atoms with van der Waals surface area (Å²) < 4.78 is 193. The third-order valence-electron chi connectivity index (χ3n) is 6.90. The van der Waals surface area contributed by atoms with Gasteiger partial charge in [0.25, 0.3) is 10.0 Å². The van der Waals surface area contributed by atoms with Crippen molar-refractivity contribution >= 4 is 22.0 Å². The van der Waals surface area contributed by atoms with E-state index in [0.29, 0.717) is 26.4 Å². The van der Waals surface area contributed by atoms with Gasteiger partial charge in [-0.05, 0) is 23.3 Å². The third kappa shape index (κ3) is 5.72. The topological polar surface area (TPSA) is 52.6 Å². The summed E-state index contributed by atoms with van der Waals surface area (Å²) in [7, 11) is -6.02. The predicted octanol–water partition coefficient (Wildman–Crippen LogP) is 8.60. The zero-order valence-corrected chi connectivity index (χ0v) is 24.7. The molecule has 248 valence electrons. The van der Waals surface area contributed by atoms with Gasteiger partial charge in [0.2, 0.25) is 33.1 Å². The van der Waals surface area contributed by atoms with Crippen molar-refractivity contribution < 1.29 is 61.8 Å². The van der Waals surface area contributed by atoms with E-state index < -0.39 is 89.0 Å². The molecule has 0 amide bonds. The quantitative estimate of drug-likeness (QED) is 0.124. The Kier molecular flexibility index (Phi) is 9.80. The van der Waals surface area contributed by atoms with Crippen LogP contribution >= 0.6 is 0 Å². The average molecular weight is 691 g/mol. The van der Waals surface area contributed by atoms with E-state index in [4.69, 9.17) is 0 Å². The van der Waals surface area contributed by atoms with Crippen LogP contribution in [0.2, 0.25) is 0 Å². The summed E-state index contributed by atoms with van der Waals surface area (Å²) in [5.41, 5.74) is -5.57. The summed E-state index contributed by atoms with van der Waals surface area (Å²) in [6.45, 7) is 0. The van der Waals surface area contributed by atoms with Gasteiger partial charge in [-0.3, -0.25) is 0 Å². The zero-order valence-electron chi connectivity index (χ0n) is 23.9. The van der Waals surface area contributed by atoms with Crippen molar-refractivity contribution in [2.75, 3.05) is 14.2 Å². The van der Waals surface area contributed by atoms with Crippen LogP contribution in [-0.4, -0.2) is 22.6 Å². The fourth-order valence-corrected chi connectivity index (χ4v) is 6.37. The number of hydrogen-bond donors (Lipinski definition) is 0. The van der Waals surface area contributed by atoms with Crippen LogP contribution in [0.1, 0.15) is 22.3 Å². The van der Waals surface area contributed by atoms with Crippen molar-refractivity contribution in [2.24, 2.45) is 0 Å². The molecule has 0 radical (unpaired) electrons. The van der Waals surface area contributed by atoms with Gasteiger partial charge in [0.15, 0.2) is 34.8 Å². The normalized spacial score (nSPS) is 14.7. The molecule has 0 spiro atoms. The molecule has 4 aromatic carbocycles. The lowest BCUT2D eigenvalue weighted by Crippen LogP contribution is -2.44. The molecule has 0 aliphatic carbocycles. The van der Waals surface area contributed by atoms with Crippen LogP contribution in [-0.2, 0) is 19.8 Å². The standard InChI is InChI=1S/C32H20F10O4S/c1-45-29-25(37)21(33)19(22(34)26(29)38)31(41,15-13-17-9-5-3-6-10-17)47(43,44)32(42,16-14-18-11-7-4-8-12-18)20-23(35)27(39)30(46-2)28(40)24(20)36/h3-16H,1-2H3/b15-13-,16-14-. The molecule has 4 nitrogen and oxygen atoms in total. The first-order valence-corrected chi connectivity index (χ1v) is 14.5. The molecular formula is C32H20F10O4S. The van der Waals surface area contributed by atoms with Crippen LogP contribution in [0.5, 0.6) is 11.5 Å². The van der Waals surface area contributed by atoms with Crippen molar-refractivity contribution in [3.8, 4) is 11.5 Å². The van der Waals surface area contributed by atoms with E-state index >= 15 is 26.3 Å². The lowest BCUT2D eigenvalue weighted by molar-refractivity contribution is 0.250. The Bertz CT molecular complexity index is 1790. The summed E-state index contributed by atoms with van der Waals surface area (Å²) in [4.78, 5) is 0. The molecule has 0 aliphatic rings. The Morgan fingerprint density at radius 3 is 1.04 bits per heavy atom. The number of benzene rings is 4. The number of rotatable bonds is 10. The lowest BCUT2D eigenvalue weighted by Gasteiger charge is -2.32. The molecule has 0 N–H and O–H groups in total. The molecule has 4 rings (SSSR count). The highest BCUT2D eigenvalue weighted by molar-refractivity contribution is 7.93. The van der Waals surface area contributed by atoms with Crippen LogP contribution in [0.25, 0.3) is 12.2 Å². The molecule has 0 aliphatic heterocycles. The Morgan fingerprint density at radius 1 is 0.511 bits per heavy atom. The Morgan fingerprint density at radius 2 is 0.787 bits per heavy atom. The fraction of sp³-hybridized carbons (Fsp3) is 0.125. The van der Waals surface area contributed by atoms with Gasteiger partial charge in [0.05, 0.1) is 25.3 Å². The number of ether oxygens (including phenoxy) is 2. The Hall–Kier alpha value is -4.79. The smallest absolute Gasteiger partial charge is 0.264 e. The van der Waals surface area contributed by atoms with Gasteiger partial charge in [0.1, 0.15) is 0 Å². The fourth-order valence-electron chi connectivity index (χ4n) is 4.55. The molecule has 2 atom stereocenters. The predicted molar refractivity (Wildman–Crippen MR) is 151 cm³/mol.